The molecule has 0 radical (unpaired) electrons. The average Bonchev–Trinajstić information content (AvgIpc) is 2.31. The molecule has 0 bridgehead atoms. The van der Waals surface area contributed by atoms with Gasteiger partial charge in [-0.05, 0) is 24.6 Å². The van der Waals surface area contributed by atoms with Gasteiger partial charge in [0.1, 0.15) is 5.82 Å². The maximum Gasteiger partial charge on any atom is 0.251 e. The van der Waals surface area contributed by atoms with Crippen LogP contribution in [0, 0.1) is 5.82 Å². The van der Waals surface area contributed by atoms with E-state index < -0.39 is 11.7 Å². The Kier molecular flexibility index (Phi) is 4.79. The Morgan fingerprint density at radius 1 is 1.44 bits per heavy atom. The van der Waals surface area contributed by atoms with Crippen LogP contribution in [0.5, 0.6) is 0 Å². The highest BCUT2D eigenvalue weighted by Crippen LogP contribution is 2.14. The Morgan fingerprint density at radius 2 is 2.11 bits per heavy atom. The van der Waals surface area contributed by atoms with Crippen LogP contribution in [0.3, 0.4) is 0 Å². The fourth-order valence-corrected chi connectivity index (χ4v) is 1.39. The number of nitrogens with one attached hydrogen (secondary N) is 1. The van der Waals surface area contributed by atoms with Crippen molar-refractivity contribution >= 4 is 17.5 Å². The second-order valence-corrected chi connectivity index (χ2v) is 3.98. The van der Waals surface area contributed by atoms with Gasteiger partial charge in [-0.2, -0.15) is 0 Å². The number of carbonyl (C=O) groups excluding carboxylic acids is 2. The molecule has 98 valence electrons. The molecule has 18 heavy (non-hydrogen) atoms. The first-order chi connectivity index (χ1) is 8.43. The number of hydrogen-bond acceptors (Lipinski definition) is 3. The van der Waals surface area contributed by atoms with Gasteiger partial charge in [0.05, 0.1) is 5.56 Å². The molecule has 0 aliphatic heterocycles. The molecule has 0 saturated heterocycles. The van der Waals surface area contributed by atoms with Crippen molar-refractivity contribution in [2.24, 2.45) is 11.5 Å². The second kappa shape index (κ2) is 6.11. The molecule has 1 atom stereocenters. The van der Waals surface area contributed by atoms with Crippen molar-refractivity contribution in [3.8, 4) is 0 Å². The van der Waals surface area contributed by atoms with Crippen molar-refractivity contribution < 1.29 is 14.0 Å². The zero-order valence-electron chi connectivity index (χ0n) is 10.1. The number of anilines is 1. The summed E-state index contributed by atoms with van der Waals surface area (Å²) >= 11 is 0. The summed E-state index contributed by atoms with van der Waals surface area (Å²) in [5.74, 6) is -1.88. The van der Waals surface area contributed by atoms with E-state index in [0.717, 1.165) is 6.07 Å². The van der Waals surface area contributed by atoms with Gasteiger partial charge in [0, 0.05) is 18.2 Å². The minimum atomic E-state index is -0.881. The number of nitrogens with two attached hydrogens (primary N) is 2. The van der Waals surface area contributed by atoms with Crippen molar-refractivity contribution in [2.45, 2.75) is 25.8 Å². The smallest absolute Gasteiger partial charge is 0.251 e. The fraction of sp³-hybridized carbons (Fsp3) is 0.333. The number of primary amides is 1. The fourth-order valence-electron chi connectivity index (χ4n) is 1.39. The molecule has 0 aliphatic carbocycles. The van der Waals surface area contributed by atoms with Gasteiger partial charge in [0.25, 0.3) is 5.91 Å². The Hall–Kier alpha value is -1.95. The van der Waals surface area contributed by atoms with E-state index in [1.54, 1.807) is 0 Å². The van der Waals surface area contributed by atoms with Crippen LogP contribution in [0.1, 0.15) is 30.1 Å². The minimum absolute atomic E-state index is 0.166. The number of halogens is 1. The molecule has 0 aromatic heterocycles. The van der Waals surface area contributed by atoms with Crippen LogP contribution < -0.4 is 16.8 Å². The van der Waals surface area contributed by atoms with Crippen LogP contribution in [0.4, 0.5) is 10.1 Å². The zero-order valence-corrected chi connectivity index (χ0v) is 10.1. The number of benzene rings is 1. The van der Waals surface area contributed by atoms with Crippen LogP contribution in [0.15, 0.2) is 18.2 Å². The lowest BCUT2D eigenvalue weighted by molar-refractivity contribution is -0.116. The molecule has 0 spiro atoms. The third-order valence-corrected chi connectivity index (χ3v) is 2.49. The quantitative estimate of drug-likeness (QED) is 0.729. The van der Waals surface area contributed by atoms with E-state index in [4.69, 9.17) is 11.5 Å². The highest BCUT2D eigenvalue weighted by Gasteiger charge is 2.12. The third kappa shape index (κ3) is 3.81. The topological polar surface area (TPSA) is 98.2 Å². The van der Waals surface area contributed by atoms with Gasteiger partial charge in [-0.15, -0.1) is 0 Å². The summed E-state index contributed by atoms with van der Waals surface area (Å²) in [4.78, 5) is 22.5. The average molecular weight is 253 g/mol. The highest BCUT2D eigenvalue weighted by atomic mass is 19.1. The molecule has 5 nitrogen and oxygen atoms in total. The first kappa shape index (κ1) is 14.1. The van der Waals surface area contributed by atoms with Crippen molar-refractivity contribution in [1.29, 1.82) is 0 Å². The largest absolute Gasteiger partial charge is 0.366 e. The van der Waals surface area contributed by atoms with Crippen LogP contribution in [0.2, 0.25) is 0 Å². The lowest BCUT2D eigenvalue weighted by Crippen LogP contribution is -2.26. The van der Waals surface area contributed by atoms with Crippen LogP contribution in [-0.4, -0.2) is 17.9 Å². The SMILES string of the molecule is CCC(N)CC(=O)Nc1ccc(F)c(C(N)=O)c1. The molecule has 1 unspecified atom stereocenters. The first-order valence-corrected chi connectivity index (χ1v) is 5.58. The van der Waals surface area contributed by atoms with Gasteiger partial charge in [-0.25, -0.2) is 4.39 Å². The van der Waals surface area contributed by atoms with Gasteiger partial charge in [-0.3, -0.25) is 9.59 Å². The Labute approximate surface area is 104 Å². The van der Waals surface area contributed by atoms with E-state index in [1.807, 2.05) is 6.92 Å². The normalized spacial score (nSPS) is 11.9. The maximum absolute atomic E-state index is 13.2. The minimum Gasteiger partial charge on any atom is -0.366 e. The summed E-state index contributed by atoms with van der Waals surface area (Å²) in [6.45, 7) is 1.88. The lowest BCUT2D eigenvalue weighted by atomic mass is 10.1. The van der Waals surface area contributed by atoms with Crippen molar-refractivity contribution in [3.63, 3.8) is 0 Å². The Morgan fingerprint density at radius 3 is 2.67 bits per heavy atom. The van der Waals surface area contributed by atoms with E-state index in [0.29, 0.717) is 12.1 Å². The van der Waals surface area contributed by atoms with Crippen LogP contribution in [-0.2, 0) is 4.79 Å². The van der Waals surface area contributed by atoms with Gasteiger partial charge >= 0.3 is 0 Å². The van der Waals surface area contributed by atoms with Crippen LogP contribution >= 0.6 is 0 Å². The Balaban J connectivity index is 2.76. The van der Waals surface area contributed by atoms with Gasteiger partial charge in [0.2, 0.25) is 5.91 Å². The first-order valence-electron chi connectivity index (χ1n) is 5.58. The lowest BCUT2D eigenvalue weighted by Gasteiger charge is -2.10. The predicted molar refractivity (Wildman–Crippen MR) is 66.4 cm³/mol. The summed E-state index contributed by atoms with van der Waals surface area (Å²) in [5.41, 5.74) is 10.7. The molecule has 0 heterocycles. The molecular weight excluding hydrogens is 237 g/mol. The summed E-state index contributed by atoms with van der Waals surface area (Å²) < 4.78 is 13.2. The van der Waals surface area contributed by atoms with E-state index in [9.17, 15) is 14.0 Å². The molecule has 2 amide bonds. The van der Waals surface area contributed by atoms with E-state index in [-0.39, 0.29) is 23.9 Å². The van der Waals surface area contributed by atoms with Crippen LogP contribution in [0.25, 0.3) is 0 Å². The van der Waals surface area contributed by atoms with Crippen molar-refractivity contribution in [1.82, 2.24) is 0 Å². The summed E-state index contributed by atoms with van der Waals surface area (Å²) in [7, 11) is 0. The molecule has 0 aliphatic rings. The summed E-state index contributed by atoms with van der Waals surface area (Å²) in [5, 5.41) is 2.54. The molecule has 1 aromatic rings. The van der Waals surface area contributed by atoms with E-state index in [2.05, 4.69) is 5.32 Å². The molecule has 0 saturated carbocycles. The summed E-state index contributed by atoms with van der Waals surface area (Å²) in [6.07, 6.45) is 0.850. The number of carbonyl (C=O) groups is 2. The van der Waals surface area contributed by atoms with E-state index in [1.165, 1.54) is 12.1 Å². The maximum atomic E-state index is 13.2. The second-order valence-electron chi connectivity index (χ2n) is 3.98. The van der Waals surface area contributed by atoms with Crippen molar-refractivity contribution in [3.05, 3.63) is 29.6 Å². The molecule has 1 rings (SSSR count). The molecular formula is C12H16FN3O2. The zero-order chi connectivity index (χ0) is 13.7. The molecule has 5 N–H and O–H groups in total. The highest BCUT2D eigenvalue weighted by molar-refractivity contribution is 5.96. The van der Waals surface area contributed by atoms with Crippen molar-refractivity contribution in [2.75, 3.05) is 5.32 Å². The number of amides is 2. The monoisotopic (exact) mass is 253 g/mol. The number of hydrogen-bond donors (Lipinski definition) is 3. The van der Waals surface area contributed by atoms with Gasteiger partial charge < -0.3 is 16.8 Å². The molecule has 1 aromatic carbocycles. The summed E-state index contributed by atoms with van der Waals surface area (Å²) in [6, 6.07) is 3.42. The third-order valence-electron chi connectivity index (χ3n) is 2.49. The number of rotatable bonds is 5. The van der Waals surface area contributed by atoms with Gasteiger partial charge in [0.15, 0.2) is 0 Å². The predicted octanol–water partition coefficient (Wildman–Crippen LogP) is 0.990. The molecule has 6 heteroatoms. The standard InChI is InChI=1S/C12H16FN3O2/c1-2-7(14)5-11(17)16-8-3-4-10(13)9(6-8)12(15)18/h3-4,6-7H,2,5,14H2,1H3,(H2,15,18)(H,16,17). The van der Waals surface area contributed by atoms with Gasteiger partial charge in [-0.1, -0.05) is 6.92 Å². The Bertz CT molecular complexity index is 463. The molecule has 0 fully saturated rings. The van der Waals surface area contributed by atoms with E-state index >= 15 is 0 Å².